The van der Waals surface area contributed by atoms with Gasteiger partial charge in [-0.1, -0.05) is 53.5 Å². The van der Waals surface area contributed by atoms with Gasteiger partial charge in [0.2, 0.25) is 6.10 Å². The fourth-order valence-corrected chi connectivity index (χ4v) is 2.43. The first-order valence-electron chi connectivity index (χ1n) is 6.45. The van der Waals surface area contributed by atoms with Crippen LogP contribution in [0.15, 0.2) is 48.5 Å². The number of hydrogen-bond donors (Lipinski definition) is 1. The number of hydrogen-bond acceptors (Lipinski definition) is 3. The number of rotatable bonds is 4. The minimum atomic E-state index is -1.04. The molecule has 0 heterocycles. The standard InChI is InChI=1S/C16H13Cl2NO3/c1-10(20)22-15(11-5-3-2-4-6-11)16(21)19-14-8-12(17)7-13(18)9-14/h2-9,15H,1H3,(H,19,21)/t15-/m1/s1. The summed E-state index contributed by atoms with van der Waals surface area (Å²) in [5.74, 6) is -1.03. The van der Waals surface area contributed by atoms with Crippen LogP contribution < -0.4 is 5.32 Å². The number of halogens is 2. The summed E-state index contributed by atoms with van der Waals surface area (Å²) in [5, 5.41) is 3.43. The number of carbonyl (C=O) groups is 2. The van der Waals surface area contributed by atoms with Gasteiger partial charge in [-0.15, -0.1) is 0 Å². The largest absolute Gasteiger partial charge is 0.447 e. The lowest BCUT2D eigenvalue weighted by Crippen LogP contribution is -2.25. The zero-order valence-corrected chi connectivity index (χ0v) is 13.2. The molecular formula is C16H13Cl2NO3. The van der Waals surface area contributed by atoms with E-state index in [4.69, 9.17) is 27.9 Å². The van der Waals surface area contributed by atoms with Gasteiger partial charge < -0.3 is 10.1 Å². The maximum atomic E-state index is 12.4. The second-order valence-electron chi connectivity index (χ2n) is 4.55. The number of nitrogens with one attached hydrogen (secondary N) is 1. The molecule has 0 aliphatic rings. The van der Waals surface area contributed by atoms with Gasteiger partial charge >= 0.3 is 5.97 Å². The van der Waals surface area contributed by atoms with E-state index in [2.05, 4.69) is 5.32 Å². The summed E-state index contributed by atoms with van der Waals surface area (Å²) in [7, 11) is 0. The molecule has 0 saturated carbocycles. The highest BCUT2D eigenvalue weighted by atomic mass is 35.5. The summed E-state index contributed by atoms with van der Waals surface area (Å²) >= 11 is 11.8. The molecule has 1 amide bonds. The van der Waals surface area contributed by atoms with Gasteiger partial charge in [-0.3, -0.25) is 9.59 Å². The molecule has 1 atom stereocenters. The van der Waals surface area contributed by atoms with Crippen LogP contribution in [0.25, 0.3) is 0 Å². The first kappa shape index (κ1) is 16.3. The van der Waals surface area contributed by atoms with E-state index < -0.39 is 18.0 Å². The van der Waals surface area contributed by atoms with Crippen LogP contribution in [0, 0.1) is 0 Å². The molecule has 114 valence electrons. The molecule has 0 fully saturated rings. The lowest BCUT2D eigenvalue weighted by Gasteiger charge is -2.17. The Morgan fingerprint density at radius 1 is 1.05 bits per heavy atom. The molecular weight excluding hydrogens is 325 g/mol. The molecule has 22 heavy (non-hydrogen) atoms. The second kappa shape index (κ2) is 7.29. The molecule has 1 N–H and O–H groups in total. The first-order valence-corrected chi connectivity index (χ1v) is 7.20. The van der Waals surface area contributed by atoms with Gasteiger partial charge in [-0.05, 0) is 18.2 Å². The number of anilines is 1. The summed E-state index contributed by atoms with van der Waals surface area (Å²) < 4.78 is 5.11. The van der Waals surface area contributed by atoms with Crippen LogP contribution in [0.4, 0.5) is 5.69 Å². The molecule has 0 bridgehead atoms. The van der Waals surface area contributed by atoms with Crippen molar-refractivity contribution in [2.75, 3.05) is 5.32 Å². The fraction of sp³-hybridized carbons (Fsp3) is 0.125. The number of benzene rings is 2. The Hall–Kier alpha value is -2.04. The highest BCUT2D eigenvalue weighted by Gasteiger charge is 2.23. The van der Waals surface area contributed by atoms with E-state index in [1.54, 1.807) is 42.5 Å². The van der Waals surface area contributed by atoms with E-state index >= 15 is 0 Å². The summed E-state index contributed by atoms with van der Waals surface area (Å²) in [6.07, 6.45) is -1.04. The van der Waals surface area contributed by atoms with Crippen LogP contribution in [-0.2, 0) is 14.3 Å². The molecule has 2 aromatic rings. The molecule has 2 aromatic carbocycles. The van der Waals surface area contributed by atoms with Crippen LogP contribution in [0.1, 0.15) is 18.6 Å². The normalized spacial score (nSPS) is 11.6. The van der Waals surface area contributed by atoms with E-state index in [0.29, 0.717) is 21.3 Å². The van der Waals surface area contributed by atoms with Crippen molar-refractivity contribution in [1.82, 2.24) is 0 Å². The molecule has 0 unspecified atom stereocenters. The zero-order chi connectivity index (χ0) is 16.1. The highest BCUT2D eigenvalue weighted by Crippen LogP contribution is 2.25. The van der Waals surface area contributed by atoms with Gasteiger partial charge in [0.05, 0.1) is 0 Å². The predicted molar refractivity (Wildman–Crippen MR) is 86.0 cm³/mol. The fourth-order valence-electron chi connectivity index (χ4n) is 1.90. The first-order chi connectivity index (χ1) is 10.5. The SMILES string of the molecule is CC(=O)O[C@@H](C(=O)Nc1cc(Cl)cc(Cl)c1)c1ccccc1. The van der Waals surface area contributed by atoms with Crippen molar-refractivity contribution in [3.05, 3.63) is 64.1 Å². The second-order valence-corrected chi connectivity index (χ2v) is 5.42. The lowest BCUT2D eigenvalue weighted by molar-refractivity contribution is -0.152. The van der Waals surface area contributed by atoms with Gasteiger partial charge in [0.15, 0.2) is 0 Å². The average molecular weight is 338 g/mol. The van der Waals surface area contributed by atoms with Gasteiger partial charge in [-0.25, -0.2) is 0 Å². The van der Waals surface area contributed by atoms with Gasteiger partial charge in [0, 0.05) is 28.2 Å². The van der Waals surface area contributed by atoms with Crippen LogP contribution in [0.2, 0.25) is 10.0 Å². The molecule has 4 nitrogen and oxygen atoms in total. The van der Waals surface area contributed by atoms with Crippen molar-refractivity contribution in [2.24, 2.45) is 0 Å². The predicted octanol–water partition coefficient (Wildman–Crippen LogP) is 4.24. The van der Waals surface area contributed by atoms with Crippen LogP contribution in [0.5, 0.6) is 0 Å². The Morgan fingerprint density at radius 3 is 2.18 bits per heavy atom. The quantitative estimate of drug-likeness (QED) is 0.849. The Labute approximate surface area is 138 Å². The van der Waals surface area contributed by atoms with E-state index in [1.165, 1.54) is 6.92 Å². The van der Waals surface area contributed by atoms with E-state index in [1.807, 2.05) is 6.07 Å². The van der Waals surface area contributed by atoms with Gasteiger partial charge in [-0.2, -0.15) is 0 Å². The number of esters is 1. The molecule has 0 saturated heterocycles. The smallest absolute Gasteiger partial charge is 0.303 e. The van der Waals surface area contributed by atoms with Crippen LogP contribution in [0.3, 0.4) is 0 Å². The molecule has 2 rings (SSSR count). The van der Waals surface area contributed by atoms with Crippen LogP contribution >= 0.6 is 23.2 Å². The minimum absolute atomic E-state index is 0.395. The topological polar surface area (TPSA) is 55.4 Å². The lowest BCUT2D eigenvalue weighted by atomic mass is 10.1. The Kier molecular flexibility index (Phi) is 5.41. The Balaban J connectivity index is 2.24. The zero-order valence-electron chi connectivity index (χ0n) is 11.7. The summed E-state index contributed by atoms with van der Waals surface area (Å²) in [5.41, 5.74) is 0.999. The minimum Gasteiger partial charge on any atom is -0.447 e. The number of ether oxygens (including phenoxy) is 1. The molecule has 0 aliphatic heterocycles. The van der Waals surface area contributed by atoms with E-state index in [-0.39, 0.29) is 0 Å². The molecule has 0 aromatic heterocycles. The van der Waals surface area contributed by atoms with Gasteiger partial charge in [0.25, 0.3) is 5.91 Å². The summed E-state index contributed by atoms with van der Waals surface area (Å²) in [6, 6.07) is 13.4. The average Bonchev–Trinajstić information content (AvgIpc) is 2.44. The van der Waals surface area contributed by atoms with Gasteiger partial charge in [0.1, 0.15) is 0 Å². The maximum absolute atomic E-state index is 12.4. The molecule has 0 spiro atoms. The molecule has 0 radical (unpaired) electrons. The number of amides is 1. The van der Waals surface area contributed by atoms with Crippen molar-refractivity contribution in [2.45, 2.75) is 13.0 Å². The monoisotopic (exact) mass is 337 g/mol. The van der Waals surface area contributed by atoms with Crippen molar-refractivity contribution in [1.29, 1.82) is 0 Å². The summed E-state index contributed by atoms with van der Waals surface area (Å²) in [6.45, 7) is 1.25. The highest BCUT2D eigenvalue weighted by molar-refractivity contribution is 6.35. The Bertz CT molecular complexity index is 669. The van der Waals surface area contributed by atoms with E-state index in [0.717, 1.165) is 0 Å². The molecule has 6 heteroatoms. The van der Waals surface area contributed by atoms with Crippen molar-refractivity contribution < 1.29 is 14.3 Å². The third kappa shape index (κ3) is 4.48. The third-order valence-corrected chi connectivity index (χ3v) is 3.19. The number of carbonyl (C=O) groups excluding carboxylic acids is 2. The van der Waals surface area contributed by atoms with E-state index in [9.17, 15) is 9.59 Å². The van der Waals surface area contributed by atoms with Crippen molar-refractivity contribution in [3.63, 3.8) is 0 Å². The third-order valence-electron chi connectivity index (χ3n) is 2.75. The summed E-state index contributed by atoms with van der Waals surface area (Å²) in [4.78, 5) is 23.6. The molecule has 0 aliphatic carbocycles. The van der Waals surface area contributed by atoms with Crippen molar-refractivity contribution >= 4 is 40.8 Å². The Morgan fingerprint density at radius 2 is 1.64 bits per heavy atom. The maximum Gasteiger partial charge on any atom is 0.303 e. The van der Waals surface area contributed by atoms with Crippen molar-refractivity contribution in [3.8, 4) is 0 Å². The van der Waals surface area contributed by atoms with Crippen LogP contribution in [-0.4, -0.2) is 11.9 Å².